The van der Waals surface area contributed by atoms with E-state index in [1.54, 1.807) is 30.6 Å². The van der Waals surface area contributed by atoms with Gasteiger partial charge in [0.1, 0.15) is 5.82 Å². The molecule has 4 rings (SSSR count). The predicted molar refractivity (Wildman–Crippen MR) is 135 cm³/mol. The molecule has 2 heterocycles. The molecular weight excluding hydrogens is 460 g/mol. The van der Waals surface area contributed by atoms with Crippen LogP contribution >= 0.6 is 0 Å². The van der Waals surface area contributed by atoms with Gasteiger partial charge < -0.3 is 20.7 Å². The number of hydrogen-bond acceptors (Lipinski definition) is 7. The number of aromatic amines is 1. The fraction of sp³-hybridized carbons (Fsp3) is 0.423. The first-order valence-electron chi connectivity index (χ1n) is 12.3. The van der Waals surface area contributed by atoms with Gasteiger partial charge in [0.15, 0.2) is 0 Å². The van der Waals surface area contributed by atoms with E-state index in [4.69, 9.17) is 4.74 Å². The molecule has 1 aliphatic rings. The SMILES string of the molecule is CC(NC(=O)c1ccc2[nH]ncc2c1)(NC(=O)C1CCCCC1)C(=O)OCCCNc1ccccn1. The van der Waals surface area contributed by atoms with Crippen molar-refractivity contribution in [3.05, 3.63) is 54.4 Å². The average Bonchev–Trinajstić information content (AvgIpc) is 3.37. The van der Waals surface area contributed by atoms with E-state index in [0.29, 0.717) is 18.5 Å². The van der Waals surface area contributed by atoms with E-state index in [-0.39, 0.29) is 18.4 Å². The van der Waals surface area contributed by atoms with Gasteiger partial charge in [-0.05, 0) is 56.5 Å². The van der Waals surface area contributed by atoms with Crippen molar-refractivity contribution in [2.45, 2.75) is 51.1 Å². The maximum absolute atomic E-state index is 13.2. The van der Waals surface area contributed by atoms with Crippen molar-refractivity contribution in [3.63, 3.8) is 0 Å². The van der Waals surface area contributed by atoms with Crippen LogP contribution in [0.2, 0.25) is 0 Å². The minimum atomic E-state index is -1.72. The maximum Gasteiger partial charge on any atom is 0.352 e. The van der Waals surface area contributed by atoms with Gasteiger partial charge in [-0.15, -0.1) is 0 Å². The molecule has 1 fully saturated rings. The standard InChI is InChI=1S/C26H32N6O4/c1-26(30-23(33)18-8-3-2-4-9-18,25(35)36-15-7-14-28-22-10-5-6-13-27-22)31-24(34)19-11-12-21-20(16-19)17-29-32-21/h5-6,10-13,16-18H,2-4,7-9,14-15H2,1H3,(H,27,28)(H,29,32)(H,30,33)(H,31,34). The van der Waals surface area contributed by atoms with E-state index < -0.39 is 17.5 Å². The third-order valence-electron chi connectivity index (χ3n) is 6.35. The Balaban J connectivity index is 1.40. The Labute approximate surface area is 209 Å². The van der Waals surface area contributed by atoms with Crippen LogP contribution in [0.15, 0.2) is 48.8 Å². The summed E-state index contributed by atoms with van der Waals surface area (Å²) in [6.45, 7) is 2.13. The zero-order valence-corrected chi connectivity index (χ0v) is 20.4. The number of carbonyl (C=O) groups excluding carboxylic acids is 3. The minimum absolute atomic E-state index is 0.115. The van der Waals surface area contributed by atoms with Crippen molar-refractivity contribution in [3.8, 4) is 0 Å². The van der Waals surface area contributed by atoms with Crippen LogP contribution < -0.4 is 16.0 Å². The van der Waals surface area contributed by atoms with Crippen LogP contribution in [0.3, 0.4) is 0 Å². The molecule has 0 saturated heterocycles. The van der Waals surface area contributed by atoms with Gasteiger partial charge in [0, 0.05) is 29.6 Å². The fourth-order valence-electron chi connectivity index (χ4n) is 4.29. The molecule has 1 unspecified atom stereocenters. The maximum atomic E-state index is 13.2. The molecular formula is C26H32N6O4. The van der Waals surface area contributed by atoms with Gasteiger partial charge >= 0.3 is 5.97 Å². The van der Waals surface area contributed by atoms with E-state index in [0.717, 1.165) is 48.8 Å². The highest BCUT2D eigenvalue weighted by Crippen LogP contribution is 2.24. The Morgan fingerprint density at radius 2 is 1.94 bits per heavy atom. The van der Waals surface area contributed by atoms with E-state index in [9.17, 15) is 14.4 Å². The quantitative estimate of drug-likeness (QED) is 0.194. The minimum Gasteiger partial charge on any atom is -0.462 e. The number of fused-ring (bicyclic) bond motifs is 1. The van der Waals surface area contributed by atoms with Gasteiger partial charge in [-0.1, -0.05) is 25.3 Å². The van der Waals surface area contributed by atoms with E-state index in [1.165, 1.54) is 6.92 Å². The summed E-state index contributed by atoms with van der Waals surface area (Å²) in [5, 5.41) is 16.2. The lowest BCUT2D eigenvalue weighted by atomic mass is 9.88. The van der Waals surface area contributed by atoms with Crippen molar-refractivity contribution in [2.24, 2.45) is 5.92 Å². The van der Waals surface area contributed by atoms with Crippen LogP contribution in [0.4, 0.5) is 5.82 Å². The van der Waals surface area contributed by atoms with Crippen LogP contribution in [-0.2, 0) is 14.3 Å². The van der Waals surface area contributed by atoms with Crippen molar-refractivity contribution in [1.82, 2.24) is 25.8 Å². The molecule has 3 aromatic rings. The highest BCUT2D eigenvalue weighted by Gasteiger charge is 2.40. The summed E-state index contributed by atoms with van der Waals surface area (Å²) in [6.07, 6.45) is 8.41. The van der Waals surface area contributed by atoms with E-state index in [2.05, 4.69) is 31.1 Å². The summed E-state index contributed by atoms with van der Waals surface area (Å²) in [4.78, 5) is 43.5. The van der Waals surface area contributed by atoms with Gasteiger partial charge in [0.2, 0.25) is 11.6 Å². The van der Waals surface area contributed by atoms with Gasteiger partial charge in [0.25, 0.3) is 5.91 Å². The number of nitrogens with zero attached hydrogens (tertiary/aromatic N) is 2. The molecule has 0 spiro atoms. The Bertz CT molecular complexity index is 1190. The molecule has 10 nitrogen and oxygen atoms in total. The number of hydrogen-bond donors (Lipinski definition) is 4. The predicted octanol–water partition coefficient (Wildman–Crippen LogP) is 3.15. The van der Waals surface area contributed by atoms with Crippen molar-refractivity contribution >= 4 is 34.5 Å². The van der Waals surface area contributed by atoms with Gasteiger partial charge in [-0.25, -0.2) is 9.78 Å². The fourth-order valence-corrected chi connectivity index (χ4v) is 4.29. The van der Waals surface area contributed by atoms with Crippen molar-refractivity contribution in [1.29, 1.82) is 0 Å². The lowest BCUT2D eigenvalue weighted by molar-refractivity contribution is -0.154. The normalized spacial score (nSPS) is 15.6. The average molecular weight is 493 g/mol. The zero-order chi connectivity index (χ0) is 25.4. The smallest absolute Gasteiger partial charge is 0.352 e. The summed E-state index contributed by atoms with van der Waals surface area (Å²) >= 11 is 0. The van der Waals surface area contributed by atoms with Crippen LogP contribution in [0.25, 0.3) is 10.9 Å². The van der Waals surface area contributed by atoms with Crippen molar-refractivity contribution < 1.29 is 19.1 Å². The summed E-state index contributed by atoms with van der Waals surface area (Å²) in [5.74, 6) is -0.931. The number of ether oxygens (including phenoxy) is 1. The number of pyridine rings is 1. The van der Waals surface area contributed by atoms with Crippen molar-refractivity contribution in [2.75, 3.05) is 18.5 Å². The first kappa shape index (κ1) is 25.2. The molecule has 2 aromatic heterocycles. The molecule has 4 N–H and O–H groups in total. The number of esters is 1. The van der Waals surface area contributed by atoms with Gasteiger partial charge in [-0.2, -0.15) is 5.10 Å². The summed E-state index contributed by atoms with van der Waals surface area (Å²) in [6, 6.07) is 10.6. The zero-order valence-electron chi connectivity index (χ0n) is 20.4. The number of H-pyrrole nitrogens is 1. The monoisotopic (exact) mass is 492 g/mol. The van der Waals surface area contributed by atoms with E-state index in [1.807, 2.05) is 18.2 Å². The third-order valence-corrected chi connectivity index (χ3v) is 6.35. The van der Waals surface area contributed by atoms with Crippen LogP contribution in [0.5, 0.6) is 0 Å². The second kappa shape index (κ2) is 11.7. The summed E-state index contributed by atoms with van der Waals surface area (Å²) < 4.78 is 5.48. The number of amides is 2. The topological polar surface area (TPSA) is 138 Å². The number of benzene rings is 1. The molecule has 1 aliphatic carbocycles. The number of rotatable bonds is 10. The van der Waals surface area contributed by atoms with Gasteiger partial charge in [-0.3, -0.25) is 14.7 Å². The Kier molecular flexibility index (Phi) is 8.14. The van der Waals surface area contributed by atoms with E-state index >= 15 is 0 Å². The summed E-state index contributed by atoms with van der Waals surface area (Å²) in [5.41, 5.74) is -0.584. The molecule has 190 valence electrons. The van der Waals surface area contributed by atoms with Crippen LogP contribution in [0.1, 0.15) is 55.8 Å². The first-order valence-corrected chi connectivity index (χ1v) is 12.3. The Morgan fingerprint density at radius 3 is 2.72 bits per heavy atom. The largest absolute Gasteiger partial charge is 0.462 e. The first-order chi connectivity index (χ1) is 17.4. The highest BCUT2D eigenvalue weighted by atomic mass is 16.5. The molecule has 0 radical (unpaired) electrons. The molecule has 36 heavy (non-hydrogen) atoms. The second-order valence-electron chi connectivity index (χ2n) is 9.21. The van der Waals surface area contributed by atoms with Crippen LogP contribution in [-0.4, -0.2) is 51.8 Å². The third kappa shape index (κ3) is 6.38. The van der Waals surface area contributed by atoms with Crippen LogP contribution in [0, 0.1) is 5.92 Å². The molecule has 10 heteroatoms. The molecule has 0 bridgehead atoms. The lowest BCUT2D eigenvalue weighted by Gasteiger charge is -2.32. The summed E-state index contributed by atoms with van der Waals surface area (Å²) in [7, 11) is 0. The second-order valence-corrected chi connectivity index (χ2v) is 9.21. The number of aromatic nitrogens is 3. The Hall–Kier alpha value is -3.95. The molecule has 0 aliphatic heterocycles. The molecule has 1 aromatic carbocycles. The number of carbonyl (C=O) groups is 3. The molecule has 1 atom stereocenters. The highest BCUT2D eigenvalue weighted by molar-refractivity contribution is 6.01. The number of nitrogens with one attached hydrogen (secondary N) is 4. The van der Waals surface area contributed by atoms with Gasteiger partial charge in [0.05, 0.1) is 18.3 Å². The Morgan fingerprint density at radius 1 is 1.11 bits per heavy atom. The molecule has 1 saturated carbocycles. The lowest BCUT2D eigenvalue weighted by Crippen LogP contribution is -2.65. The molecule has 2 amide bonds. The number of anilines is 1.